The first kappa shape index (κ1) is 12.2. The Kier molecular flexibility index (Phi) is 3.02. The van der Waals surface area contributed by atoms with E-state index in [-0.39, 0.29) is 10.8 Å². The highest BCUT2D eigenvalue weighted by Crippen LogP contribution is 2.29. The van der Waals surface area contributed by atoms with Crippen LogP contribution in [0.2, 0.25) is 5.15 Å². The summed E-state index contributed by atoms with van der Waals surface area (Å²) in [6.07, 6.45) is -2.70. The second kappa shape index (κ2) is 4.20. The van der Waals surface area contributed by atoms with Crippen molar-refractivity contribution in [2.75, 3.05) is 0 Å². The van der Waals surface area contributed by atoms with Crippen LogP contribution in [-0.4, -0.2) is 11.4 Å². The van der Waals surface area contributed by atoms with Gasteiger partial charge in [-0.2, -0.15) is 0 Å². The molecule has 2 nitrogen and oxygen atoms in total. The predicted molar refractivity (Wildman–Crippen MR) is 64.3 cm³/mol. The summed E-state index contributed by atoms with van der Waals surface area (Å²) in [5.41, 5.74) is 3.87. The van der Waals surface area contributed by atoms with Crippen molar-refractivity contribution in [1.82, 2.24) is 4.98 Å². The van der Waals surface area contributed by atoms with E-state index in [1.54, 1.807) is 24.3 Å². The van der Waals surface area contributed by atoms with Gasteiger partial charge in [-0.25, -0.2) is 13.8 Å². The largest absolute Gasteiger partial charge is 0.316 e. The maximum atomic E-state index is 12.8. The molecule has 90 valence electrons. The summed E-state index contributed by atoms with van der Waals surface area (Å²) in [6, 6.07) is 8.73. The Morgan fingerprint density at radius 2 is 2.00 bits per heavy atom. The van der Waals surface area contributed by atoms with Crippen molar-refractivity contribution < 1.29 is 8.78 Å². The molecule has 0 amide bonds. The first-order valence-corrected chi connectivity index (χ1v) is 5.43. The maximum Gasteiger partial charge on any atom is 0.261 e. The van der Waals surface area contributed by atoms with E-state index in [4.69, 9.17) is 17.3 Å². The topological polar surface area (TPSA) is 38.9 Å². The molecule has 5 heteroatoms. The number of fused-ring (bicyclic) bond motifs is 1. The molecule has 0 bridgehead atoms. The van der Waals surface area contributed by atoms with E-state index in [1.165, 1.54) is 6.92 Å². The third-order valence-corrected chi connectivity index (χ3v) is 2.99. The Bertz CT molecular complexity index is 555. The van der Waals surface area contributed by atoms with E-state index in [2.05, 4.69) is 4.98 Å². The molecule has 0 fully saturated rings. The van der Waals surface area contributed by atoms with E-state index in [0.29, 0.717) is 0 Å². The number of benzene rings is 1. The van der Waals surface area contributed by atoms with Crippen LogP contribution in [0.4, 0.5) is 8.78 Å². The summed E-state index contributed by atoms with van der Waals surface area (Å²) >= 11 is 5.96. The number of halogens is 3. The molecule has 0 radical (unpaired) electrons. The molecule has 1 aromatic carbocycles. The van der Waals surface area contributed by atoms with Crippen molar-refractivity contribution in [2.45, 2.75) is 18.9 Å². The second-order valence-corrected chi connectivity index (χ2v) is 4.46. The van der Waals surface area contributed by atoms with Gasteiger partial charge < -0.3 is 5.73 Å². The zero-order valence-corrected chi connectivity index (χ0v) is 9.88. The summed E-state index contributed by atoms with van der Waals surface area (Å²) in [5, 5.41) is 1.67. The molecule has 0 saturated carbocycles. The van der Waals surface area contributed by atoms with Crippen LogP contribution in [0.15, 0.2) is 30.3 Å². The minimum Gasteiger partial charge on any atom is -0.316 e. The molecule has 0 spiro atoms. The quantitative estimate of drug-likeness (QED) is 0.837. The molecule has 1 unspecified atom stereocenters. The number of alkyl halides is 2. The first-order valence-electron chi connectivity index (χ1n) is 5.05. The van der Waals surface area contributed by atoms with Crippen molar-refractivity contribution in [1.29, 1.82) is 0 Å². The Hall–Kier alpha value is -1.26. The lowest BCUT2D eigenvalue weighted by atomic mass is 9.97. The van der Waals surface area contributed by atoms with Gasteiger partial charge in [0.15, 0.2) is 0 Å². The minimum atomic E-state index is -2.70. The number of nitrogens with zero attached hydrogens (tertiary/aromatic N) is 1. The standard InChI is InChI=1S/C12H11ClF2N2/c1-12(16,11(14)15)9-6-7-4-2-3-5-8(7)10(13)17-9/h2-6,11H,16H2,1H3. The van der Waals surface area contributed by atoms with Gasteiger partial charge in [-0.15, -0.1) is 0 Å². The van der Waals surface area contributed by atoms with Gasteiger partial charge in [0, 0.05) is 5.39 Å². The minimum absolute atomic E-state index is 0.0937. The van der Waals surface area contributed by atoms with Crippen LogP contribution in [0.3, 0.4) is 0 Å². The lowest BCUT2D eigenvalue weighted by Gasteiger charge is -2.23. The van der Waals surface area contributed by atoms with Gasteiger partial charge in [0.05, 0.1) is 5.69 Å². The lowest BCUT2D eigenvalue weighted by molar-refractivity contribution is 0.0603. The van der Waals surface area contributed by atoms with E-state index >= 15 is 0 Å². The van der Waals surface area contributed by atoms with Crippen molar-refractivity contribution in [3.63, 3.8) is 0 Å². The molecule has 1 atom stereocenters. The van der Waals surface area contributed by atoms with Crippen LogP contribution >= 0.6 is 11.6 Å². The molecule has 0 aliphatic heterocycles. The predicted octanol–water partition coefficient (Wildman–Crippen LogP) is 3.33. The smallest absolute Gasteiger partial charge is 0.261 e. The molecular weight excluding hydrogens is 246 g/mol. The zero-order chi connectivity index (χ0) is 12.6. The van der Waals surface area contributed by atoms with E-state index < -0.39 is 12.0 Å². The molecule has 2 rings (SSSR count). The van der Waals surface area contributed by atoms with Gasteiger partial charge in [0.2, 0.25) is 0 Å². The molecule has 1 heterocycles. The number of aromatic nitrogens is 1. The first-order chi connectivity index (χ1) is 7.93. The van der Waals surface area contributed by atoms with Gasteiger partial charge in [0.25, 0.3) is 6.43 Å². The van der Waals surface area contributed by atoms with Gasteiger partial charge in [-0.3, -0.25) is 0 Å². The number of hydrogen-bond donors (Lipinski definition) is 1. The summed E-state index contributed by atoms with van der Waals surface area (Å²) in [4.78, 5) is 3.95. The van der Waals surface area contributed by atoms with Crippen LogP contribution in [0.1, 0.15) is 12.6 Å². The fourth-order valence-corrected chi connectivity index (χ4v) is 1.81. The number of pyridine rings is 1. The SMILES string of the molecule is CC(N)(c1cc2ccccc2c(Cl)n1)C(F)F. The molecule has 0 aliphatic carbocycles. The van der Waals surface area contributed by atoms with Crippen LogP contribution in [-0.2, 0) is 5.54 Å². The average Bonchev–Trinajstić information content (AvgIpc) is 2.28. The van der Waals surface area contributed by atoms with Crippen LogP contribution in [0.25, 0.3) is 10.8 Å². The molecule has 0 saturated heterocycles. The third-order valence-electron chi connectivity index (χ3n) is 2.70. The molecular formula is C12H11ClF2N2. The average molecular weight is 257 g/mol. The Morgan fingerprint density at radius 3 is 2.65 bits per heavy atom. The summed E-state index contributed by atoms with van der Waals surface area (Å²) in [5.74, 6) is 0. The van der Waals surface area contributed by atoms with E-state index in [1.807, 2.05) is 6.07 Å². The fraction of sp³-hybridized carbons (Fsp3) is 0.250. The van der Waals surface area contributed by atoms with Crippen molar-refractivity contribution in [3.8, 4) is 0 Å². The highest BCUT2D eigenvalue weighted by atomic mass is 35.5. The summed E-state index contributed by atoms with van der Waals surface area (Å²) < 4.78 is 25.6. The third kappa shape index (κ3) is 2.10. The van der Waals surface area contributed by atoms with Crippen LogP contribution < -0.4 is 5.73 Å². The molecule has 1 aromatic heterocycles. The van der Waals surface area contributed by atoms with Crippen molar-refractivity contribution >= 4 is 22.4 Å². The molecule has 2 N–H and O–H groups in total. The van der Waals surface area contributed by atoms with Gasteiger partial charge in [-0.05, 0) is 18.4 Å². The second-order valence-electron chi connectivity index (χ2n) is 4.10. The number of nitrogens with two attached hydrogens (primary N) is 1. The van der Waals surface area contributed by atoms with Gasteiger partial charge >= 0.3 is 0 Å². The fourth-order valence-electron chi connectivity index (χ4n) is 1.54. The van der Waals surface area contributed by atoms with Crippen molar-refractivity contribution in [2.24, 2.45) is 5.73 Å². The van der Waals surface area contributed by atoms with Gasteiger partial charge in [0.1, 0.15) is 10.7 Å². The van der Waals surface area contributed by atoms with E-state index in [0.717, 1.165) is 10.8 Å². The monoisotopic (exact) mass is 256 g/mol. The molecule has 2 aromatic rings. The van der Waals surface area contributed by atoms with Crippen molar-refractivity contribution in [3.05, 3.63) is 41.2 Å². The van der Waals surface area contributed by atoms with Gasteiger partial charge in [-0.1, -0.05) is 35.9 Å². The molecule has 0 aliphatic rings. The Balaban J connectivity index is 2.65. The summed E-state index contributed by atoms with van der Waals surface area (Å²) in [7, 11) is 0. The Labute approximate surface area is 102 Å². The van der Waals surface area contributed by atoms with Crippen LogP contribution in [0.5, 0.6) is 0 Å². The van der Waals surface area contributed by atoms with E-state index in [9.17, 15) is 8.78 Å². The lowest BCUT2D eigenvalue weighted by Crippen LogP contribution is -2.41. The Morgan fingerprint density at radius 1 is 1.35 bits per heavy atom. The molecule has 17 heavy (non-hydrogen) atoms. The summed E-state index contributed by atoms with van der Waals surface area (Å²) in [6.45, 7) is 1.24. The maximum absolute atomic E-state index is 12.8. The normalized spacial score (nSPS) is 15.2. The zero-order valence-electron chi connectivity index (χ0n) is 9.12. The highest BCUT2D eigenvalue weighted by molar-refractivity contribution is 6.34. The van der Waals surface area contributed by atoms with Crippen LogP contribution in [0, 0.1) is 0 Å². The number of hydrogen-bond acceptors (Lipinski definition) is 2. The number of rotatable bonds is 2. The highest BCUT2D eigenvalue weighted by Gasteiger charge is 2.34.